The van der Waals surface area contributed by atoms with Gasteiger partial charge in [-0.3, -0.25) is 0 Å². The molecule has 0 saturated carbocycles. The first kappa shape index (κ1) is 15.4. The van der Waals surface area contributed by atoms with Gasteiger partial charge in [0.25, 0.3) is 0 Å². The lowest BCUT2D eigenvalue weighted by Crippen LogP contribution is -2.58. The zero-order valence-electron chi connectivity index (χ0n) is 16.2. The Hall–Kier alpha value is -3.53. The van der Waals surface area contributed by atoms with Crippen LogP contribution in [0.25, 0.3) is 11.3 Å². The van der Waals surface area contributed by atoms with Gasteiger partial charge in [-0.25, -0.2) is 0 Å². The van der Waals surface area contributed by atoms with Crippen LogP contribution < -0.4 is 19.7 Å². The summed E-state index contributed by atoms with van der Waals surface area (Å²) in [5.74, 6) is 0. The summed E-state index contributed by atoms with van der Waals surface area (Å²) < 4.78 is 2.41. The van der Waals surface area contributed by atoms with Gasteiger partial charge in [0.15, 0.2) is 12.7 Å². The average molecular weight is 372 g/mol. The molecule has 0 radical (unpaired) electrons. The zero-order valence-corrected chi connectivity index (χ0v) is 16.2. The lowest BCUT2D eigenvalue weighted by molar-refractivity contribution is -0.671. The molecule has 0 N–H and O–H groups in total. The molecule has 0 spiro atoms. The van der Waals surface area contributed by atoms with Gasteiger partial charge in [0.2, 0.25) is 5.69 Å². The van der Waals surface area contributed by atoms with Gasteiger partial charge in [0.1, 0.15) is 0 Å². The quantitative estimate of drug-likeness (QED) is 0.321. The van der Waals surface area contributed by atoms with Gasteiger partial charge in [0, 0.05) is 28.5 Å². The monoisotopic (exact) mass is 372 g/mol. The van der Waals surface area contributed by atoms with E-state index >= 15 is 0 Å². The van der Waals surface area contributed by atoms with Crippen molar-refractivity contribution in [2.24, 2.45) is 0 Å². The summed E-state index contributed by atoms with van der Waals surface area (Å²) in [5.41, 5.74) is 12.0. The molecule has 0 aliphatic carbocycles. The lowest BCUT2D eigenvalue weighted by Gasteiger charge is -2.33. The van der Waals surface area contributed by atoms with E-state index in [0.717, 1.165) is 6.54 Å². The molecule has 3 aliphatic heterocycles. The van der Waals surface area contributed by atoms with E-state index in [1.807, 2.05) is 0 Å². The number of fused-ring (bicyclic) bond motifs is 5. The number of pyridine rings is 1. The molecule has 4 heterocycles. The van der Waals surface area contributed by atoms with E-state index in [2.05, 4.69) is 106 Å². The number of hydrogen-bond donors (Lipinski definition) is 0. The maximum atomic E-state index is 2.53. The lowest BCUT2D eigenvalue weighted by atomic mass is 9.60. The summed E-state index contributed by atoms with van der Waals surface area (Å²) >= 11 is 0. The first-order valence-electron chi connectivity index (χ1n) is 10.2. The molecule has 29 heavy (non-hydrogen) atoms. The number of rotatable bonds is 1. The third kappa shape index (κ3) is 1.86. The molecule has 0 saturated heterocycles. The van der Waals surface area contributed by atoms with E-state index < -0.39 is 0 Å². The Balaban J connectivity index is 1.57. The van der Waals surface area contributed by atoms with Crippen LogP contribution in [0.15, 0.2) is 85.1 Å². The van der Waals surface area contributed by atoms with Crippen molar-refractivity contribution in [1.82, 2.24) is 0 Å². The number of hydrogen-bond acceptors (Lipinski definition) is 2. The van der Waals surface area contributed by atoms with Gasteiger partial charge in [-0.05, 0) is 37.3 Å². The van der Waals surface area contributed by atoms with Gasteiger partial charge in [-0.2, -0.15) is 4.57 Å². The molecule has 136 valence electrons. The molecule has 3 nitrogen and oxygen atoms in total. The second-order valence-electron chi connectivity index (χ2n) is 8.19. The van der Waals surface area contributed by atoms with Gasteiger partial charge in [0.05, 0.1) is 16.9 Å². The van der Waals surface area contributed by atoms with E-state index in [0.29, 0.717) is 0 Å². The van der Waals surface area contributed by atoms with Crippen molar-refractivity contribution >= 4 is 35.2 Å². The van der Waals surface area contributed by atoms with Gasteiger partial charge in [-0.1, -0.05) is 48.0 Å². The predicted octanol–water partition coefficient (Wildman–Crippen LogP) is 4.31. The average Bonchev–Trinajstić information content (AvgIpc) is 3.31. The summed E-state index contributed by atoms with van der Waals surface area (Å²) in [6, 6.07) is 29.0. The van der Waals surface area contributed by atoms with Gasteiger partial charge in [-0.15, -0.1) is 0 Å². The molecule has 1 aromatic heterocycles. The molecular weight excluding hydrogens is 353 g/mol. The zero-order chi connectivity index (χ0) is 19.1. The van der Waals surface area contributed by atoms with Crippen molar-refractivity contribution in [2.75, 3.05) is 9.62 Å². The van der Waals surface area contributed by atoms with Crippen molar-refractivity contribution in [1.29, 1.82) is 0 Å². The number of anilines is 4. The standard InChI is InChI=1S/C25H19BN3/c1-17-11-13-19(14-12-17)28-21-8-2-3-9-22(21)29-23-10-4-6-18-16-27-15-5-7-20(26(28)29)25(27)24(18)23/h2-15H,16H2,1H3/q+1. The fourth-order valence-corrected chi connectivity index (χ4v) is 5.35. The van der Waals surface area contributed by atoms with Crippen LogP contribution in [0, 0.1) is 6.92 Å². The number of benzene rings is 3. The number of aryl methyl sites for hydroxylation is 1. The summed E-state index contributed by atoms with van der Waals surface area (Å²) in [7, 11) is 0. The van der Waals surface area contributed by atoms with Crippen molar-refractivity contribution in [3.05, 3.63) is 96.2 Å². The summed E-state index contributed by atoms with van der Waals surface area (Å²) in [4.78, 5) is 5.03. The van der Waals surface area contributed by atoms with E-state index in [9.17, 15) is 0 Å². The largest absolute Gasteiger partial charge is 0.427 e. The smallest absolute Gasteiger partial charge is 0.360 e. The van der Waals surface area contributed by atoms with Crippen molar-refractivity contribution in [2.45, 2.75) is 13.5 Å². The van der Waals surface area contributed by atoms with Crippen molar-refractivity contribution in [3.63, 3.8) is 0 Å². The minimum absolute atomic E-state index is 0.124. The van der Waals surface area contributed by atoms with Crippen LogP contribution in [0.1, 0.15) is 11.1 Å². The van der Waals surface area contributed by atoms with Crippen molar-refractivity contribution in [3.8, 4) is 11.3 Å². The van der Waals surface area contributed by atoms with E-state index in [-0.39, 0.29) is 6.98 Å². The summed E-state index contributed by atoms with van der Waals surface area (Å²) in [6.45, 7) is 3.23. The Morgan fingerprint density at radius 3 is 2.34 bits per heavy atom. The highest BCUT2D eigenvalue weighted by molar-refractivity contribution is 6.86. The molecule has 3 aromatic carbocycles. The van der Waals surface area contributed by atoms with E-state index in [1.165, 1.54) is 50.6 Å². The number of nitrogens with zero attached hydrogens (tertiary/aromatic N) is 3. The van der Waals surface area contributed by atoms with Crippen LogP contribution >= 0.6 is 0 Å². The van der Waals surface area contributed by atoms with Crippen LogP contribution in [0.5, 0.6) is 0 Å². The predicted molar refractivity (Wildman–Crippen MR) is 118 cm³/mol. The second-order valence-corrected chi connectivity index (χ2v) is 8.19. The van der Waals surface area contributed by atoms with Gasteiger partial charge < -0.3 is 9.62 Å². The molecular formula is C25H19BN3+. The molecule has 4 heteroatoms. The maximum absolute atomic E-state index is 2.53. The maximum Gasteiger partial charge on any atom is 0.427 e. The Labute approximate surface area is 170 Å². The molecule has 0 atom stereocenters. The molecule has 0 fully saturated rings. The Morgan fingerprint density at radius 2 is 1.52 bits per heavy atom. The molecule has 4 aromatic rings. The third-order valence-electron chi connectivity index (χ3n) is 6.55. The molecule has 3 aliphatic rings. The topological polar surface area (TPSA) is 10.4 Å². The Bertz CT molecular complexity index is 1310. The molecule has 0 amide bonds. The third-order valence-corrected chi connectivity index (χ3v) is 6.55. The Morgan fingerprint density at radius 1 is 0.759 bits per heavy atom. The van der Waals surface area contributed by atoms with Crippen LogP contribution in [0.2, 0.25) is 0 Å². The van der Waals surface area contributed by atoms with Crippen LogP contribution in [0.4, 0.5) is 22.7 Å². The minimum Gasteiger partial charge on any atom is -0.360 e. The number of aromatic nitrogens is 1. The Kier molecular flexibility index (Phi) is 2.81. The highest BCUT2D eigenvalue weighted by atomic mass is 15.3. The molecule has 7 rings (SSSR count). The second kappa shape index (κ2) is 5.29. The van der Waals surface area contributed by atoms with Crippen LogP contribution in [-0.4, -0.2) is 6.98 Å². The van der Waals surface area contributed by atoms with Crippen LogP contribution in [-0.2, 0) is 6.54 Å². The summed E-state index contributed by atoms with van der Waals surface area (Å²) in [5, 5.41) is 0. The van der Waals surface area contributed by atoms with Gasteiger partial charge >= 0.3 is 6.98 Å². The van der Waals surface area contributed by atoms with E-state index in [4.69, 9.17) is 0 Å². The molecule has 0 unspecified atom stereocenters. The summed E-state index contributed by atoms with van der Waals surface area (Å²) in [6.07, 6.45) is 2.22. The number of para-hydroxylation sites is 2. The highest BCUT2D eigenvalue weighted by Crippen LogP contribution is 2.51. The fourth-order valence-electron chi connectivity index (χ4n) is 5.35. The SMILES string of the molecule is Cc1ccc(N2B3c4ccc[n+]5c4-c4c(cccc4N3c3ccccc32)C5)cc1. The van der Waals surface area contributed by atoms with Crippen LogP contribution in [0.3, 0.4) is 0 Å². The highest BCUT2D eigenvalue weighted by Gasteiger charge is 2.52. The minimum atomic E-state index is 0.124. The van der Waals surface area contributed by atoms with Crippen molar-refractivity contribution < 1.29 is 4.57 Å². The first-order valence-corrected chi connectivity index (χ1v) is 10.2. The van der Waals surface area contributed by atoms with E-state index in [1.54, 1.807) is 0 Å². The fraction of sp³-hybridized carbons (Fsp3) is 0.0800. The molecule has 0 bridgehead atoms. The first-order chi connectivity index (χ1) is 14.3. The normalized spacial score (nSPS) is 14.7.